The number of aliphatic carboxylic acids is 1. The normalized spacial score (nSPS) is 48.9. The largest absolute Gasteiger partial charge is 0.481 e. The Morgan fingerprint density at radius 3 is 2.32 bits per heavy atom. The molecule has 31 heavy (non-hydrogen) atoms. The zero-order valence-corrected chi connectivity index (χ0v) is 20.2. The highest BCUT2D eigenvalue weighted by molar-refractivity contribution is 5.69. The highest BCUT2D eigenvalue weighted by Crippen LogP contribution is 2.68. The van der Waals surface area contributed by atoms with Gasteiger partial charge in [-0.3, -0.25) is 4.79 Å². The number of carboxylic acids is 1. The summed E-state index contributed by atoms with van der Waals surface area (Å²) in [7, 11) is 0. The first-order valence-electron chi connectivity index (χ1n) is 13.2. The van der Waals surface area contributed by atoms with Gasteiger partial charge in [-0.25, -0.2) is 0 Å². The van der Waals surface area contributed by atoms with Crippen molar-refractivity contribution >= 4 is 5.97 Å². The lowest BCUT2D eigenvalue weighted by Gasteiger charge is -2.62. The number of aliphatic hydroxyl groups excluding tert-OH is 2. The average molecular weight is 435 g/mol. The van der Waals surface area contributed by atoms with Crippen LogP contribution in [0.2, 0.25) is 0 Å². The molecule has 4 saturated carbocycles. The molecule has 1 unspecified atom stereocenters. The van der Waals surface area contributed by atoms with Crippen molar-refractivity contribution in [2.24, 2.45) is 52.3 Å². The molecule has 11 atom stereocenters. The third kappa shape index (κ3) is 3.98. The standard InChI is InChI=1S/C27H46O4/c1-16(6-5-7-17(2)25(30)31)20-8-9-21-24-22(11-13-27(20,21)4)26(3)12-10-19(28)14-18(26)15-23(24)29/h16-24,28-29H,5-15H2,1-4H3,(H,30,31)/t16-,17?,18-,19+,20-,21+,22+,23-,24+,26+,27-/m1/s1. The van der Waals surface area contributed by atoms with E-state index in [2.05, 4.69) is 20.8 Å². The Bertz CT molecular complexity index is 664. The van der Waals surface area contributed by atoms with Crippen LogP contribution in [-0.2, 0) is 4.79 Å². The maximum Gasteiger partial charge on any atom is 0.306 e. The van der Waals surface area contributed by atoms with Crippen molar-refractivity contribution < 1.29 is 20.1 Å². The van der Waals surface area contributed by atoms with Gasteiger partial charge in [-0.2, -0.15) is 0 Å². The van der Waals surface area contributed by atoms with Crippen LogP contribution in [0.4, 0.5) is 0 Å². The first kappa shape index (κ1) is 23.5. The van der Waals surface area contributed by atoms with E-state index < -0.39 is 5.97 Å². The molecule has 4 rings (SSSR count). The summed E-state index contributed by atoms with van der Waals surface area (Å²) in [6.45, 7) is 9.22. The van der Waals surface area contributed by atoms with Crippen LogP contribution in [-0.4, -0.2) is 33.5 Å². The van der Waals surface area contributed by atoms with Crippen LogP contribution >= 0.6 is 0 Å². The van der Waals surface area contributed by atoms with Crippen LogP contribution in [0.5, 0.6) is 0 Å². The summed E-state index contributed by atoms with van der Waals surface area (Å²) in [6, 6.07) is 0. The van der Waals surface area contributed by atoms with Crippen LogP contribution in [0, 0.1) is 52.3 Å². The Balaban J connectivity index is 1.46. The van der Waals surface area contributed by atoms with Gasteiger partial charge < -0.3 is 15.3 Å². The van der Waals surface area contributed by atoms with E-state index in [1.807, 2.05) is 6.92 Å². The van der Waals surface area contributed by atoms with E-state index in [1.165, 1.54) is 25.7 Å². The SMILES string of the molecule is CC(CCC[C@@H](C)[C@H]1CC[C@H]2[C@@H]3[C@H](O)C[C@H]4C[C@@H](O)CC[C@]4(C)[C@H]3CC[C@]12C)C(=O)O. The second kappa shape index (κ2) is 8.63. The molecular formula is C27H46O4. The molecule has 4 aliphatic carbocycles. The van der Waals surface area contributed by atoms with Crippen LogP contribution in [0.25, 0.3) is 0 Å². The number of fused-ring (bicyclic) bond motifs is 5. The zero-order valence-electron chi connectivity index (χ0n) is 20.2. The van der Waals surface area contributed by atoms with Crippen molar-refractivity contribution in [1.82, 2.24) is 0 Å². The van der Waals surface area contributed by atoms with Crippen molar-refractivity contribution in [3.05, 3.63) is 0 Å². The van der Waals surface area contributed by atoms with E-state index in [0.717, 1.165) is 44.9 Å². The van der Waals surface area contributed by atoms with E-state index in [9.17, 15) is 15.0 Å². The molecule has 0 spiro atoms. The molecule has 0 amide bonds. The smallest absolute Gasteiger partial charge is 0.306 e. The van der Waals surface area contributed by atoms with Crippen molar-refractivity contribution in [3.8, 4) is 0 Å². The average Bonchev–Trinajstić information content (AvgIpc) is 3.06. The molecule has 4 aliphatic rings. The van der Waals surface area contributed by atoms with E-state index in [4.69, 9.17) is 5.11 Å². The number of hydrogen-bond donors (Lipinski definition) is 3. The minimum atomic E-state index is -0.674. The van der Waals surface area contributed by atoms with Crippen LogP contribution in [0.15, 0.2) is 0 Å². The quantitative estimate of drug-likeness (QED) is 0.515. The maximum absolute atomic E-state index is 11.3. The number of carboxylic acid groups (broad SMARTS) is 1. The molecule has 0 saturated heterocycles. The Labute approximate surface area is 189 Å². The number of rotatable bonds is 6. The van der Waals surface area contributed by atoms with Crippen molar-refractivity contribution in [3.63, 3.8) is 0 Å². The van der Waals surface area contributed by atoms with Gasteiger partial charge >= 0.3 is 5.97 Å². The van der Waals surface area contributed by atoms with Gasteiger partial charge in [0, 0.05) is 0 Å². The van der Waals surface area contributed by atoms with Gasteiger partial charge in [0.25, 0.3) is 0 Å². The fraction of sp³-hybridized carbons (Fsp3) is 0.963. The Hall–Kier alpha value is -0.610. The molecule has 4 heteroatoms. The van der Waals surface area contributed by atoms with Crippen LogP contribution < -0.4 is 0 Å². The second-order valence-electron chi connectivity index (χ2n) is 12.6. The highest BCUT2D eigenvalue weighted by Gasteiger charge is 2.62. The monoisotopic (exact) mass is 434 g/mol. The third-order valence-corrected chi connectivity index (χ3v) is 11.1. The molecular weight excluding hydrogens is 388 g/mol. The number of carbonyl (C=O) groups is 1. The van der Waals surface area contributed by atoms with Crippen LogP contribution in [0.3, 0.4) is 0 Å². The summed E-state index contributed by atoms with van der Waals surface area (Å²) >= 11 is 0. The van der Waals surface area contributed by atoms with E-state index in [1.54, 1.807) is 0 Å². The van der Waals surface area contributed by atoms with Gasteiger partial charge in [0.15, 0.2) is 0 Å². The number of hydrogen-bond acceptors (Lipinski definition) is 3. The highest BCUT2D eigenvalue weighted by atomic mass is 16.4. The minimum absolute atomic E-state index is 0.170. The molecule has 0 aromatic rings. The first-order chi connectivity index (χ1) is 14.6. The zero-order chi connectivity index (χ0) is 22.6. The molecule has 0 aliphatic heterocycles. The van der Waals surface area contributed by atoms with Gasteiger partial charge in [-0.15, -0.1) is 0 Å². The van der Waals surface area contributed by atoms with Gasteiger partial charge in [-0.1, -0.05) is 40.5 Å². The third-order valence-electron chi connectivity index (χ3n) is 11.1. The van der Waals surface area contributed by atoms with Gasteiger partial charge in [0.05, 0.1) is 18.1 Å². The Morgan fingerprint density at radius 1 is 0.935 bits per heavy atom. The maximum atomic E-state index is 11.3. The van der Waals surface area contributed by atoms with Crippen molar-refractivity contribution in [2.45, 2.75) is 111 Å². The molecule has 3 N–H and O–H groups in total. The molecule has 178 valence electrons. The van der Waals surface area contributed by atoms with Crippen molar-refractivity contribution in [2.75, 3.05) is 0 Å². The fourth-order valence-electron chi connectivity index (χ4n) is 9.25. The lowest BCUT2D eigenvalue weighted by molar-refractivity contribution is -0.174. The second-order valence-corrected chi connectivity index (χ2v) is 12.6. The van der Waals surface area contributed by atoms with E-state index in [-0.39, 0.29) is 18.1 Å². The van der Waals surface area contributed by atoms with Crippen LogP contribution in [0.1, 0.15) is 98.3 Å². The lowest BCUT2D eigenvalue weighted by Crippen LogP contribution is -2.58. The predicted octanol–water partition coefficient (Wildman–Crippen LogP) is 5.50. The Kier molecular flexibility index (Phi) is 6.55. The van der Waals surface area contributed by atoms with Gasteiger partial charge in [-0.05, 0) is 104 Å². The number of aliphatic hydroxyl groups is 2. The summed E-state index contributed by atoms with van der Waals surface area (Å²) in [6.07, 6.45) is 11.4. The lowest BCUT2D eigenvalue weighted by atomic mass is 9.43. The van der Waals surface area contributed by atoms with E-state index >= 15 is 0 Å². The van der Waals surface area contributed by atoms with Gasteiger partial charge in [0.1, 0.15) is 0 Å². The summed E-state index contributed by atoms with van der Waals surface area (Å²) in [5.41, 5.74) is 0.610. The topological polar surface area (TPSA) is 77.8 Å². The fourth-order valence-corrected chi connectivity index (χ4v) is 9.25. The first-order valence-corrected chi connectivity index (χ1v) is 13.2. The molecule has 0 radical (unpaired) electrons. The van der Waals surface area contributed by atoms with Crippen molar-refractivity contribution in [1.29, 1.82) is 0 Å². The summed E-state index contributed by atoms with van der Waals surface area (Å²) in [4.78, 5) is 11.1. The predicted molar refractivity (Wildman–Crippen MR) is 122 cm³/mol. The summed E-state index contributed by atoms with van der Waals surface area (Å²) in [5.74, 6) is 2.55. The molecule has 0 heterocycles. The molecule has 0 aromatic heterocycles. The molecule has 0 bridgehead atoms. The molecule has 0 aromatic carbocycles. The van der Waals surface area contributed by atoms with Gasteiger partial charge in [0.2, 0.25) is 0 Å². The van der Waals surface area contributed by atoms with E-state index in [0.29, 0.717) is 46.3 Å². The molecule has 4 fully saturated rings. The summed E-state index contributed by atoms with van der Waals surface area (Å²) in [5, 5.41) is 30.8. The molecule has 4 nitrogen and oxygen atoms in total. The minimum Gasteiger partial charge on any atom is -0.481 e. The Morgan fingerprint density at radius 2 is 1.61 bits per heavy atom. The summed E-state index contributed by atoms with van der Waals surface area (Å²) < 4.78 is 0.